The van der Waals surface area contributed by atoms with Gasteiger partial charge >= 0.3 is 0 Å². The van der Waals surface area contributed by atoms with Crippen molar-refractivity contribution in [2.24, 2.45) is 5.11 Å². The normalized spacial score (nSPS) is 9.20. The molecule has 1 aromatic rings. The van der Waals surface area contributed by atoms with Crippen LogP contribution in [-0.4, -0.2) is 12.9 Å². The van der Waals surface area contributed by atoms with E-state index < -0.39 is 0 Å². The minimum atomic E-state index is -0.0555. The van der Waals surface area contributed by atoms with E-state index in [-0.39, 0.29) is 5.78 Å². The average Bonchev–Trinajstić information content (AvgIpc) is 2.28. The Morgan fingerprint density at radius 3 is 2.87 bits per heavy atom. The van der Waals surface area contributed by atoms with Gasteiger partial charge in [0.1, 0.15) is 5.75 Å². The molecule has 0 radical (unpaired) electrons. The van der Waals surface area contributed by atoms with Crippen molar-refractivity contribution < 1.29 is 9.53 Å². The first kappa shape index (κ1) is 11.1. The lowest BCUT2D eigenvalue weighted by Gasteiger charge is -2.05. The molecule has 0 atom stereocenters. The molecule has 0 unspecified atom stereocenters. The molecule has 0 fully saturated rings. The molecule has 0 N–H and O–H groups in total. The maximum atomic E-state index is 11.5. The third-order valence-electron chi connectivity index (χ3n) is 1.98. The van der Waals surface area contributed by atoms with Crippen LogP contribution in [-0.2, 0) is 0 Å². The fourth-order valence-corrected chi connectivity index (χ4v) is 1.20. The molecule has 0 amide bonds. The number of carbonyl (C=O) groups excluding carboxylic acids is 1. The molecule has 0 heterocycles. The number of nitrogens with zero attached hydrogens (tertiary/aromatic N) is 3. The van der Waals surface area contributed by atoms with E-state index in [1.54, 1.807) is 25.1 Å². The second kappa shape index (κ2) is 5.02. The highest BCUT2D eigenvalue weighted by molar-refractivity contribution is 6.00. The molecule has 15 heavy (non-hydrogen) atoms. The Morgan fingerprint density at radius 1 is 1.60 bits per heavy atom. The second-order valence-corrected chi connectivity index (χ2v) is 2.85. The number of carbonyl (C=O) groups is 1. The van der Waals surface area contributed by atoms with Crippen LogP contribution in [0.4, 0.5) is 5.69 Å². The zero-order chi connectivity index (χ0) is 11.3. The van der Waals surface area contributed by atoms with Gasteiger partial charge in [0, 0.05) is 16.9 Å². The zero-order valence-electron chi connectivity index (χ0n) is 8.60. The van der Waals surface area contributed by atoms with Gasteiger partial charge in [-0.15, -0.1) is 0 Å². The maximum absolute atomic E-state index is 11.5. The summed E-state index contributed by atoms with van der Waals surface area (Å²) in [6.07, 6.45) is 0.375. The predicted molar refractivity (Wildman–Crippen MR) is 56.4 cm³/mol. The van der Waals surface area contributed by atoms with Gasteiger partial charge in [-0.2, -0.15) is 0 Å². The molecule has 78 valence electrons. The maximum Gasteiger partial charge on any atom is 0.163 e. The molecule has 0 aliphatic rings. The van der Waals surface area contributed by atoms with E-state index in [1.165, 1.54) is 7.11 Å². The van der Waals surface area contributed by atoms with Crippen LogP contribution >= 0.6 is 0 Å². The number of methoxy groups -OCH3 is 1. The molecule has 1 aromatic carbocycles. The monoisotopic (exact) mass is 205 g/mol. The Bertz CT molecular complexity index is 423. The van der Waals surface area contributed by atoms with E-state index in [9.17, 15) is 4.79 Å². The van der Waals surface area contributed by atoms with Gasteiger partial charge in [-0.25, -0.2) is 0 Å². The summed E-state index contributed by atoms with van der Waals surface area (Å²) in [5.41, 5.74) is 9.10. The summed E-state index contributed by atoms with van der Waals surface area (Å²) >= 11 is 0. The number of Topliss-reactive ketones (excluding diaryl/α,β-unsaturated/α-hetero) is 1. The minimum absolute atomic E-state index is 0.0555. The summed E-state index contributed by atoms with van der Waals surface area (Å²) < 4.78 is 4.97. The standard InChI is InChI=1S/C10H11N3O2/c1-3-10(14)8-5-4-7(15-2)6-9(8)12-13-11/h4-6H,3H2,1-2H3. The predicted octanol–water partition coefficient (Wildman–Crippen LogP) is 3.23. The van der Waals surface area contributed by atoms with E-state index in [1.807, 2.05) is 0 Å². The molecule has 0 aliphatic carbocycles. The van der Waals surface area contributed by atoms with Gasteiger partial charge in [0.15, 0.2) is 5.78 Å². The summed E-state index contributed by atoms with van der Waals surface area (Å²) in [5.74, 6) is 0.505. The SMILES string of the molecule is CCC(=O)c1ccc(OC)cc1N=[N+]=[N-]. The number of azide groups is 1. The van der Waals surface area contributed by atoms with Gasteiger partial charge in [0.05, 0.1) is 12.8 Å². The van der Waals surface area contributed by atoms with Gasteiger partial charge in [-0.3, -0.25) is 4.79 Å². The van der Waals surface area contributed by atoms with Crippen molar-refractivity contribution in [1.82, 2.24) is 0 Å². The van der Waals surface area contributed by atoms with Gasteiger partial charge in [0.2, 0.25) is 0 Å². The molecule has 1 rings (SSSR count). The van der Waals surface area contributed by atoms with Crippen LogP contribution in [0.3, 0.4) is 0 Å². The Morgan fingerprint density at radius 2 is 2.33 bits per heavy atom. The largest absolute Gasteiger partial charge is 0.497 e. The lowest BCUT2D eigenvalue weighted by atomic mass is 10.1. The molecule has 0 spiro atoms. The fraction of sp³-hybridized carbons (Fsp3) is 0.300. The number of hydrogen-bond acceptors (Lipinski definition) is 3. The van der Waals surface area contributed by atoms with Crippen molar-refractivity contribution in [3.8, 4) is 5.75 Å². The first-order chi connectivity index (χ1) is 7.22. The van der Waals surface area contributed by atoms with Crippen LogP contribution in [0.15, 0.2) is 23.3 Å². The van der Waals surface area contributed by atoms with Crippen LogP contribution in [0.5, 0.6) is 5.75 Å². The van der Waals surface area contributed by atoms with Gasteiger partial charge in [-0.1, -0.05) is 12.0 Å². The van der Waals surface area contributed by atoms with Gasteiger partial charge < -0.3 is 4.74 Å². The second-order valence-electron chi connectivity index (χ2n) is 2.85. The highest BCUT2D eigenvalue weighted by Crippen LogP contribution is 2.26. The van der Waals surface area contributed by atoms with Crippen molar-refractivity contribution in [2.45, 2.75) is 13.3 Å². The van der Waals surface area contributed by atoms with Crippen LogP contribution < -0.4 is 4.74 Å². The van der Waals surface area contributed by atoms with E-state index >= 15 is 0 Å². The molecule has 0 saturated heterocycles. The van der Waals surface area contributed by atoms with E-state index in [0.717, 1.165) is 0 Å². The lowest BCUT2D eigenvalue weighted by Crippen LogP contribution is -1.97. The topological polar surface area (TPSA) is 75.1 Å². The number of ketones is 1. The van der Waals surface area contributed by atoms with Crippen molar-refractivity contribution in [3.63, 3.8) is 0 Å². The lowest BCUT2D eigenvalue weighted by molar-refractivity contribution is 0.0989. The minimum Gasteiger partial charge on any atom is -0.497 e. The van der Waals surface area contributed by atoms with Crippen molar-refractivity contribution in [2.75, 3.05) is 7.11 Å². The van der Waals surface area contributed by atoms with Crippen LogP contribution in [0.25, 0.3) is 10.4 Å². The molecular formula is C10H11N3O2. The highest BCUT2D eigenvalue weighted by atomic mass is 16.5. The number of rotatable bonds is 4. The number of benzene rings is 1. The smallest absolute Gasteiger partial charge is 0.163 e. The molecule has 0 bridgehead atoms. The van der Waals surface area contributed by atoms with Crippen molar-refractivity contribution >= 4 is 11.5 Å². The number of ether oxygens (including phenoxy) is 1. The average molecular weight is 205 g/mol. The van der Waals surface area contributed by atoms with Crippen LogP contribution in [0.2, 0.25) is 0 Å². The van der Waals surface area contributed by atoms with E-state index in [4.69, 9.17) is 10.3 Å². The molecule has 0 aromatic heterocycles. The zero-order valence-corrected chi connectivity index (χ0v) is 8.60. The first-order valence-corrected chi connectivity index (χ1v) is 4.49. The van der Waals surface area contributed by atoms with Gasteiger partial charge in [-0.05, 0) is 23.7 Å². The van der Waals surface area contributed by atoms with Crippen molar-refractivity contribution in [3.05, 3.63) is 34.2 Å². The molecular weight excluding hydrogens is 194 g/mol. The third kappa shape index (κ3) is 2.48. The van der Waals surface area contributed by atoms with E-state index in [0.29, 0.717) is 23.4 Å². The molecule has 0 aliphatic heterocycles. The molecule has 5 heteroatoms. The Kier molecular flexibility index (Phi) is 3.71. The third-order valence-corrected chi connectivity index (χ3v) is 1.98. The quantitative estimate of drug-likeness (QED) is 0.327. The fourth-order valence-electron chi connectivity index (χ4n) is 1.20. The summed E-state index contributed by atoms with van der Waals surface area (Å²) in [4.78, 5) is 14.2. The molecule has 0 saturated carbocycles. The summed E-state index contributed by atoms with van der Waals surface area (Å²) in [6, 6.07) is 4.82. The Balaban J connectivity index is 3.26. The van der Waals surface area contributed by atoms with Crippen LogP contribution in [0.1, 0.15) is 23.7 Å². The summed E-state index contributed by atoms with van der Waals surface area (Å²) in [6.45, 7) is 1.76. The Hall–Kier alpha value is -2.00. The van der Waals surface area contributed by atoms with E-state index in [2.05, 4.69) is 10.0 Å². The highest BCUT2D eigenvalue weighted by Gasteiger charge is 2.09. The number of hydrogen-bond donors (Lipinski definition) is 0. The Labute approximate surface area is 87.3 Å². The van der Waals surface area contributed by atoms with Crippen LogP contribution in [0, 0.1) is 0 Å². The first-order valence-electron chi connectivity index (χ1n) is 4.49. The summed E-state index contributed by atoms with van der Waals surface area (Å²) in [7, 11) is 1.51. The summed E-state index contributed by atoms with van der Waals surface area (Å²) in [5, 5.41) is 3.46. The van der Waals surface area contributed by atoms with Crippen molar-refractivity contribution in [1.29, 1.82) is 0 Å². The molecule has 5 nitrogen and oxygen atoms in total. The van der Waals surface area contributed by atoms with Gasteiger partial charge in [0.25, 0.3) is 0 Å².